The number of pyridine rings is 1. The summed E-state index contributed by atoms with van der Waals surface area (Å²) in [6.07, 6.45) is 1.88. The normalized spacial score (nSPS) is 20.6. The molecule has 0 unspecified atom stereocenters. The van der Waals surface area contributed by atoms with Gasteiger partial charge in [-0.3, -0.25) is 0 Å². The maximum atomic E-state index is 12.5. The fourth-order valence-electron chi connectivity index (χ4n) is 2.84. The molecule has 1 aliphatic rings. The van der Waals surface area contributed by atoms with E-state index in [0.717, 1.165) is 5.56 Å². The minimum atomic E-state index is -3.52. The standard InChI is InChI=1S/C17H19ClN2O4S/c1-23-16-6-5-13(10-19-16)17-15(7-8-24-17)20-25(21,22)11-12-3-2-4-14(18)9-12/h2-6,9-10,15,17,20H,7-8,11H2,1H3/t15-,17+/m0/s1. The Hall–Kier alpha value is -1.67. The molecule has 0 aliphatic carbocycles. The molecular weight excluding hydrogens is 364 g/mol. The fraction of sp³-hybridized carbons (Fsp3) is 0.353. The number of methoxy groups -OCH3 is 1. The first-order chi connectivity index (χ1) is 12.0. The van der Waals surface area contributed by atoms with Crippen molar-refractivity contribution in [2.45, 2.75) is 24.3 Å². The Morgan fingerprint density at radius 2 is 2.20 bits per heavy atom. The Labute approximate surface area is 152 Å². The van der Waals surface area contributed by atoms with E-state index in [1.807, 2.05) is 6.07 Å². The highest BCUT2D eigenvalue weighted by Crippen LogP contribution is 2.30. The molecule has 1 fully saturated rings. The topological polar surface area (TPSA) is 77.5 Å². The SMILES string of the molecule is COc1ccc([C@H]2OCC[C@@H]2NS(=O)(=O)Cc2cccc(Cl)c2)cn1. The summed E-state index contributed by atoms with van der Waals surface area (Å²) in [6, 6.07) is 10.1. The molecule has 3 rings (SSSR count). The number of nitrogens with one attached hydrogen (secondary N) is 1. The van der Waals surface area contributed by atoms with Crippen LogP contribution in [0.5, 0.6) is 5.88 Å². The van der Waals surface area contributed by atoms with Crippen molar-refractivity contribution < 1.29 is 17.9 Å². The zero-order valence-electron chi connectivity index (χ0n) is 13.7. The van der Waals surface area contributed by atoms with Crippen molar-refractivity contribution in [3.05, 3.63) is 58.7 Å². The van der Waals surface area contributed by atoms with Crippen molar-refractivity contribution in [2.24, 2.45) is 0 Å². The van der Waals surface area contributed by atoms with E-state index in [1.165, 1.54) is 0 Å². The third-order valence-corrected chi connectivity index (χ3v) is 5.58. The van der Waals surface area contributed by atoms with Gasteiger partial charge in [-0.25, -0.2) is 18.1 Å². The van der Waals surface area contributed by atoms with Crippen molar-refractivity contribution in [3.8, 4) is 5.88 Å². The molecule has 1 N–H and O–H groups in total. The first-order valence-corrected chi connectivity index (χ1v) is 9.86. The molecular formula is C17H19ClN2O4S. The molecule has 0 amide bonds. The Kier molecular flexibility index (Phi) is 5.58. The van der Waals surface area contributed by atoms with Gasteiger partial charge in [-0.05, 0) is 30.2 Å². The number of rotatable bonds is 6. The molecule has 25 heavy (non-hydrogen) atoms. The summed E-state index contributed by atoms with van der Waals surface area (Å²) in [5.41, 5.74) is 1.45. The largest absolute Gasteiger partial charge is 0.481 e. The number of sulfonamides is 1. The molecule has 1 aromatic carbocycles. The number of nitrogens with zero attached hydrogens (tertiary/aromatic N) is 1. The molecule has 0 spiro atoms. The Bertz CT molecular complexity index is 827. The van der Waals surface area contributed by atoms with Crippen molar-refractivity contribution in [2.75, 3.05) is 13.7 Å². The van der Waals surface area contributed by atoms with Gasteiger partial charge >= 0.3 is 0 Å². The van der Waals surface area contributed by atoms with Crippen molar-refractivity contribution in [1.82, 2.24) is 9.71 Å². The molecule has 2 heterocycles. The van der Waals surface area contributed by atoms with Gasteiger partial charge < -0.3 is 9.47 Å². The number of hydrogen-bond acceptors (Lipinski definition) is 5. The summed E-state index contributed by atoms with van der Waals surface area (Å²) in [4.78, 5) is 4.16. The Morgan fingerprint density at radius 3 is 2.88 bits per heavy atom. The van der Waals surface area contributed by atoms with Crippen molar-refractivity contribution in [1.29, 1.82) is 0 Å². The summed E-state index contributed by atoms with van der Waals surface area (Å²) < 4.78 is 38.5. The smallest absolute Gasteiger partial charge is 0.216 e. The lowest BCUT2D eigenvalue weighted by Crippen LogP contribution is -2.37. The van der Waals surface area contributed by atoms with Crippen LogP contribution in [0.15, 0.2) is 42.6 Å². The van der Waals surface area contributed by atoms with Crippen LogP contribution in [0.4, 0.5) is 0 Å². The number of aromatic nitrogens is 1. The van der Waals surface area contributed by atoms with Crippen LogP contribution in [-0.2, 0) is 20.5 Å². The molecule has 1 aromatic heterocycles. The van der Waals surface area contributed by atoms with Gasteiger partial charge in [0.05, 0.1) is 18.9 Å². The van der Waals surface area contributed by atoms with E-state index >= 15 is 0 Å². The van der Waals surface area contributed by atoms with Crippen molar-refractivity contribution >= 4 is 21.6 Å². The second kappa shape index (κ2) is 7.70. The van der Waals surface area contributed by atoms with Gasteiger partial charge in [0.2, 0.25) is 15.9 Å². The van der Waals surface area contributed by atoms with Gasteiger partial charge in [0.1, 0.15) is 6.10 Å². The van der Waals surface area contributed by atoms with Gasteiger partial charge in [0, 0.05) is 29.5 Å². The lowest BCUT2D eigenvalue weighted by atomic mass is 10.1. The van der Waals surface area contributed by atoms with E-state index in [4.69, 9.17) is 21.1 Å². The van der Waals surface area contributed by atoms with Gasteiger partial charge in [-0.2, -0.15) is 0 Å². The van der Waals surface area contributed by atoms with E-state index in [2.05, 4.69) is 9.71 Å². The molecule has 6 nitrogen and oxygen atoms in total. The third kappa shape index (κ3) is 4.70. The quantitative estimate of drug-likeness (QED) is 0.831. The van der Waals surface area contributed by atoms with Gasteiger partial charge in [-0.1, -0.05) is 23.7 Å². The minimum absolute atomic E-state index is 0.127. The summed E-state index contributed by atoms with van der Waals surface area (Å²) in [6.45, 7) is 0.487. The van der Waals surface area contributed by atoms with Gasteiger partial charge in [0.15, 0.2) is 0 Å². The minimum Gasteiger partial charge on any atom is -0.481 e. The molecule has 0 radical (unpaired) electrons. The predicted molar refractivity (Wildman–Crippen MR) is 95.1 cm³/mol. The molecule has 1 saturated heterocycles. The zero-order chi connectivity index (χ0) is 17.9. The lowest BCUT2D eigenvalue weighted by Gasteiger charge is -2.20. The van der Waals surface area contributed by atoms with E-state index in [9.17, 15) is 8.42 Å². The Balaban J connectivity index is 1.71. The number of hydrogen-bond donors (Lipinski definition) is 1. The molecule has 2 aromatic rings. The lowest BCUT2D eigenvalue weighted by molar-refractivity contribution is 0.102. The van der Waals surface area contributed by atoms with Crippen LogP contribution in [0, 0.1) is 0 Å². The summed E-state index contributed by atoms with van der Waals surface area (Å²) >= 11 is 5.92. The average molecular weight is 383 g/mol. The summed E-state index contributed by atoms with van der Waals surface area (Å²) in [7, 11) is -1.98. The maximum absolute atomic E-state index is 12.5. The summed E-state index contributed by atoms with van der Waals surface area (Å²) in [5.74, 6) is 0.373. The molecule has 0 bridgehead atoms. The van der Waals surface area contributed by atoms with E-state index < -0.39 is 10.0 Å². The molecule has 8 heteroatoms. The highest BCUT2D eigenvalue weighted by atomic mass is 35.5. The maximum Gasteiger partial charge on any atom is 0.216 e. The monoisotopic (exact) mass is 382 g/mol. The molecule has 2 atom stereocenters. The van der Waals surface area contributed by atoms with Crippen LogP contribution in [0.3, 0.4) is 0 Å². The highest BCUT2D eigenvalue weighted by molar-refractivity contribution is 7.88. The third-order valence-electron chi connectivity index (χ3n) is 3.97. The van der Waals surface area contributed by atoms with E-state index in [-0.39, 0.29) is 17.9 Å². The van der Waals surface area contributed by atoms with Crippen LogP contribution >= 0.6 is 11.6 Å². The second-order valence-electron chi connectivity index (χ2n) is 5.83. The van der Waals surface area contributed by atoms with Crippen LogP contribution < -0.4 is 9.46 Å². The first-order valence-electron chi connectivity index (χ1n) is 7.83. The van der Waals surface area contributed by atoms with Gasteiger partial charge in [-0.15, -0.1) is 0 Å². The van der Waals surface area contributed by atoms with E-state index in [0.29, 0.717) is 29.5 Å². The summed E-state index contributed by atoms with van der Waals surface area (Å²) in [5, 5.41) is 0.513. The highest BCUT2D eigenvalue weighted by Gasteiger charge is 2.33. The van der Waals surface area contributed by atoms with Crippen molar-refractivity contribution in [3.63, 3.8) is 0 Å². The number of ether oxygens (including phenoxy) is 2. The van der Waals surface area contributed by atoms with Crippen LogP contribution in [0.1, 0.15) is 23.7 Å². The van der Waals surface area contributed by atoms with Crippen LogP contribution in [-0.4, -0.2) is 33.2 Å². The molecule has 0 saturated carbocycles. The average Bonchev–Trinajstić information content (AvgIpc) is 3.01. The van der Waals surface area contributed by atoms with Crippen LogP contribution in [0.2, 0.25) is 5.02 Å². The van der Waals surface area contributed by atoms with Gasteiger partial charge in [0.25, 0.3) is 0 Å². The first kappa shape index (κ1) is 18.1. The second-order valence-corrected chi connectivity index (χ2v) is 8.02. The fourth-order valence-corrected chi connectivity index (χ4v) is 4.46. The van der Waals surface area contributed by atoms with E-state index in [1.54, 1.807) is 43.6 Å². The Morgan fingerprint density at radius 1 is 1.36 bits per heavy atom. The predicted octanol–water partition coefficient (Wildman–Crippen LogP) is 2.69. The van der Waals surface area contributed by atoms with Crippen LogP contribution in [0.25, 0.3) is 0 Å². The molecule has 134 valence electrons. The zero-order valence-corrected chi connectivity index (χ0v) is 15.3. The number of benzene rings is 1. The number of halogens is 1. The molecule has 1 aliphatic heterocycles.